The van der Waals surface area contributed by atoms with E-state index in [1.165, 1.54) is 21.9 Å². The van der Waals surface area contributed by atoms with E-state index in [-0.39, 0.29) is 61.4 Å². The molecule has 0 fully saturated rings. The molecular weight excluding hydrogens is 580 g/mol. The Balaban J connectivity index is 0.00000840. The fraction of sp³-hybridized carbons (Fsp3) is 0.500. The molecule has 0 heterocycles. The average molecular weight is 620 g/mol. The number of carbonyl (C=O) groups is 2. The van der Waals surface area contributed by atoms with Gasteiger partial charge in [0.05, 0.1) is 33.0 Å². The number of rotatable bonds is 17. The van der Waals surface area contributed by atoms with Crippen LogP contribution in [0.1, 0.15) is 47.2 Å². The van der Waals surface area contributed by atoms with Crippen molar-refractivity contribution in [1.29, 1.82) is 0 Å². The van der Waals surface area contributed by atoms with Gasteiger partial charge in [0, 0.05) is 36.8 Å². The monoisotopic (exact) mass is 620 g/mol. The van der Waals surface area contributed by atoms with E-state index in [1.807, 2.05) is 6.92 Å². The number of aliphatic hydroxyl groups excluding tert-OH is 4. The second-order valence-electron chi connectivity index (χ2n) is 9.59. The zero-order valence-corrected chi connectivity index (χ0v) is 24.3. The molecule has 228 valence electrons. The fourth-order valence-electron chi connectivity index (χ4n) is 5.03. The molecule has 12 nitrogen and oxygen atoms in total. The molecule has 0 aliphatic carbocycles. The first-order valence-electron chi connectivity index (χ1n) is 13.1. The number of hydrogen-bond donors (Lipinski definition) is 8. The van der Waals surface area contributed by atoms with Gasteiger partial charge in [0.15, 0.2) is 0 Å². The van der Waals surface area contributed by atoms with Crippen LogP contribution in [0.3, 0.4) is 0 Å². The Bertz CT molecular complexity index is 1160. The standard InChI is InChI=1S/C28H40N2O10.Fe/c1-3-18-7-17(13-31)8-26(36)22(18)10-29(12-27(37)38)9-20(15-33)30(24(16-34)28(39)40)11-23-21(4-2)19(14-32)5-6-25(23)35;/h5-8,20,24,31-36H,3-4,9-16H2,1-2H3,(H,37,38)(H,39,40);/q;+2. The summed E-state index contributed by atoms with van der Waals surface area (Å²) in [6.45, 7) is 0.666. The van der Waals surface area contributed by atoms with Gasteiger partial charge < -0.3 is 40.9 Å². The number of phenolic OH excluding ortho intramolecular Hbond substituents is 2. The Labute approximate surface area is 249 Å². The number of aliphatic hydroxyl groups is 4. The third kappa shape index (κ3) is 9.38. The van der Waals surface area contributed by atoms with Gasteiger partial charge in [-0.15, -0.1) is 0 Å². The molecule has 0 aliphatic rings. The minimum absolute atomic E-state index is 0. The molecule has 2 aromatic carbocycles. The molecule has 41 heavy (non-hydrogen) atoms. The van der Waals surface area contributed by atoms with Gasteiger partial charge in [0.2, 0.25) is 0 Å². The molecule has 2 rings (SSSR count). The number of carboxylic acids is 2. The molecule has 0 aliphatic heterocycles. The zero-order chi connectivity index (χ0) is 30.0. The Hall–Kier alpha value is -2.74. The first-order valence-corrected chi connectivity index (χ1v) is 13.1. The summed E-state index contributed by atoms with van der Waals surface area (Å²) in [5.74, 6) is -2.85. The minimum Gasteiger partial charge on any atom is -0.508 e. The molecule has 0 spiro atoms. The second kappa shape index (κ2) is 17.3. The van der Waals surface area contributed by atoms with Crippen molar-refractivity contribution < 1.29 is 67.5 Å². The van der Waals surface area contributed by atoms with Crippen molar-refractivity contribution in [2.45, 2.75) is 65.1 Å². The molecule has 2 atom stereocenters. The summed E-state index contributed by atoms with van der Waals surface area (Å²) < 4.78 is 0. The van der Waals surface area contributed by atoms with Crippen molar-refractivity contribution in [3.05, 3.63) is 57.6 Å². The van der Waals surface area contributed by atoms with Crippen LogP contribution >= 0.6 is 0 Å². The summed E-state index contributed by atoms with van der Waals surface area (Å²) in [7, 11) is 0. The minimum atomic E-state index is -1.51. The average Bonchev–Trinajstić information content (AvgIpc) is 2.92. The number of nitrogens with zero attached hydrogens (tertiary/aromatic N) is 2. The van der Waals surface area contributed by atoms with Crippen LogP contribution in [0, 0.1) is 0 Å². The van der Waals surface area contributed by atoms with E-state index in [4.69, 9.17) is 0 Å². The van der Waals surface area contributed by atoms with Gasteiger partial charge in [0.25, 0.3) is 0 Å². The van der Waals surface area contributed by atoms with Crippen molar-refractivity contribution in [3.8, 4) is 11.5 Å². The molecule has 2 aromatic rings. The van der Waals surface area contributed by atoms with E-state index < -0.39 is 43.8 Å². The smallest absolute Gasteiger partial charge is 0.508 e. The van der Waals surface area contributed by atoms with Gasteiger partial charge in [-0.2, -0.15) is 0 Å². The summed E-state index contributed by atoms with van der Waals surface area (Å²) in [5, 5.41) is 80.4. The largest absolute Gasteiger partial charge is 2.00 e. The predicted molar refractivity (Wildman–Crippen MR) is 145 cm³/mol. The third-order valence-electron chi connectivity index (χ3n) is 7.06. The van der Waals surface area contributed by atoms with Crippen LogP contribution in [-0.2, 0) is 65.8 Å². The van der Waals surface area contributed by atoms with E-state index in [0.29, 0.717) is 46.2 Å². The van der Waals surface area contributed by atoms with Crippen LogP contribution in [0.25, 0.3) is 0 Å². The van der Waals surface area contributed by atoms with Gasteiger partial charge in [-0.1, -0.05) is 26.0 Å². The molecule has 2 unspecified atom stereocenters. The number of phenols is 2. The Morgan fingerprint density at radius 3 is 1.98 bits per heavy atom. The first kappa shape index (κ1) is 36.3. The molecule has 0 aromatic heterocycles. The second-order valence-corrected chi connectivity index (χ2v) is 9.59. The van der Waals surface area contributed by atoms with Crippen LogP contribution in [0.4, 0.5) is 0 Å². The summed E-state index contributed by atoms with van der Waals surface area (Å²) in [6, 6.07) is 3.51. The van der Waals surface area contributed by atoms with E-state index in [1.54, 1.807) is 19.1 Å². The van der Waals surface area contributed by atoms with Crippen LogP contribution < -0.4 is 0 Å². The Kier molecular flexibility index (Phi) is 15.3. The normalized spacial score (nSPS) is 12.8. The van der Waals surface area contributed by atoms with Gasteiger partial charge in [-0.3, -0.25) is 19.4 Å². The van der Waals surface area contributed by atoms with Crippen LogP contribution in [-0.4, -0.2) is 101 Å². The Morgan fingerprint density at radius 2 is 1.49 bits per heavy atom. The van der Waals surface area contributed by atoms with E-state index in [2.05, 4.69) is 0 Å². The first-order chi connectivity index (χ1) is 19.0. The zero-order valence-electron chi connectivity index (χ0n) is 23.2. The maximum absolute atomic E-state index is 12.1. The van der Waals surface area contributed by atoms with Crippen molar-refractivity contribution in [2.24, 2.45) is 0 Å². The predicted octanol–water partition coefficient (Wildman–Crippen LogP) is 0.400. The summed E-state index contributed by atoms with van der Waals surface area (Å²) >= 11 is 0. The number of carboxylic acid groups (broad SMARTS) is 2. The van der Waals surface area contributed by atoms with Crippen LogP contribution in [0.15, 0.2) is 24.3 Å². The van der Waals surface area contributed by atoms with Crippen molar-refractivity contribution in [1.82, 2.24) is 9.80 Å². The molecule has 13 heteroatoms. The summed E-state index contributed by atoms with van der Waals surface area (Å²) in [4.78, 5) is 26.6. The van der Waals surface area contributed by atoms with Crippen molar-refractivity contribution >= 4 is 11.9 Å². The summed E-state index contributed by atoms with van der Waals surface area (Å²) in [6.07, 6.45) is 0.890. The van der Waals surface area contributed by atoms with Gasteiger partial charge in [-0.05, 0) is 47.2 Å². The van der Waals surface area contributed by atoms with Crippen LogP contribution in [0.2, 0.25) is 0 Å². The number of aromatic hydroxyl groups is 2. The number of benzene rings is 2. The van der Waals surface area contributed by atoms with E-state index in [9.17, 15) is 50.4 Å². The van der Waals surface area contributed by atoms with E-state index >= 15 is 0 Å². The van der Waals surface area contributed by atoms with Gasteiger partial charge in [0.1, 0.15) is 17.5 Å². The maximum Gasteiger partial charge on any atom is 2.00 e. The number of hydrogen-bond acceptors (Lipinski definition) is 10. The summed E-state index contributed by atoms with van der Waals surface area (Å²) in [5.41, 5.74) is 3.06. The quantitative estimate of drug-likeness (QED) is 0.113. The fourth-order valence-corrected chi connectivity index (χ4v) is 5.03. The Morgan fingerprint density at radius 1 is 0.805 bits per heavy atom. The van der Waals surface area contributed by atoms with E-state index in [0.717, 1.165) is 0 Å². The van der Waals surface area contributed by atoms with Gasteiger partial charge in [-0.25, -0.2) is 0 Å². The number of aliphatic carboxylic acids is 2. The van der Waals surface area contributed by atoms with Crippen molar-refractivity contribution in [2.75, 3.05) is 26.3 Å². The topological polar surface area (TPSA) is 202 Å². The third-order valence-corrected chi connectivity index (χ3v) is 7.06. The SMILES string of the molecule is CCc1cc(CO)cc(O)c1CN(CC(=O)O)CC(CO)N(Cc1c(O)ccc(CO)c1CC)C(CO)C(=O)O.[Fe+2]. The molecule has 0 amide bonds. The van der Waals surface area contributed by atoms with Crippen molar-refractivity contribution in [3.63, 3.8) is 0 Å². The molecule has 0 saturated carbocycles. The van der Waals surface area contributed by atoms with Gasteiger partial charge >= 0.3 is 29.0 Å². The molecule has 0 bridgehead atoms. The van der Waals surface area contributed by atoms with Crippen LogP contribution in [0.5, 0.6) is 11.5 Å². The molecular formula is C28H40FeN2O10+2. The molecule has 0 radical (unpaired) electrons. The number of aryl methyl sites for hydroxylation is 1. The molecule has 8 N–H and O–H groups in total. The molecule has 0 saturated heterocycles. The maximum atomic E-state index is 12.1.